The molecular weight excluding hydrogens is 293 g/mol. The Hall–Kier alpha value is -2.01. The second-order valence-electron chi connectivity index (χ2n) is 5.29. The zero-order valence-electron chi connectivity index (χ0n) is 12.0. The van der Waals surface area contributed by atoms with Gasteiger partial charge in [0.15, 0.2) is 5.60 Å². The lowest BCUT2D eigenvalue weighted by Crippen LogP contribution is -2.48. The van der Waals surface area contributed by atoms with Crippen molar-refractivity contribution in [1.82, 2.24) is 0 Å². The fraction of sp³-hybridized carbons (Fsp3) is 0.294. The van der Waals surface area contributed by atoms with Gasteiger partial charge in [-0.1, -0.05) is 36.4 Å². The maximum atomic E-state index is 13.8. The monoisotopic (exact) mass is 308 g/mol. The highest BCUT2D eigenvalue weighted by Crippen LogP contribution is 2.48. The highest BCUT2D eigenvalue weighted by atomic mass is 19.4. The van der Waals surface area contributed by atoms with Crippen LogP contribution in [0.4, 0.5) is 13.2 Å². The summed E-state index contributed by atoms with van der Waals surface area (Å²) < 4.78 is 51.9. The van der Waals surface area contributed by atoms with Crippen LogP contribution in [0, 0.1) is 0 Å². The number of benzene rings is 2. The number of halogens is 3. The first-order valence-electron chi connectivity index (χ1n) is 6.88. The summed E-state index contributed by atoms with van der Waals surface area (Å²) in [5, 5.41) is 0. The van der Waals surface area contributed by atoms with Crippen molar-refractivity contribution >= 4 is 0 Å². The first-order chi connectivity index (χ1) is 10.5. The normalized spacial score (nSPS) is 21.3. The average molecular weight is 308 g/mol. The predicted molar refractivity (Wildman–Crippen MR) is 75.7 cm³/mol. The third-order valence-corrected chi connectivity index (χ3v) is 4.02. The van der Waals surface area contributed by atoms with Crippen LogP contribution in [-0.2, 0) is 23.4 Å². The van der Waals surface area contributed by atoms with Gasteiger partial charge in [-0.15, -0.1) is 0 Å². The summed E-state index contributed by atoms with van der Waals surface area (Å²) >= 11 is 0. The molecule has 2 nitrogen and oxygen atoms in total. The van der Waals surface area contributed by atoms with Crippen molar-refractivity contribution < 1.29 is 22.6 Å². The van der Waals surface area contributed by atoms with Gasteiger partial charge in [0.2, 0.25) is 0 Å². The Morgan fingerprint density at radius 3 is 2.41 bits per heavy atom. The van der Waals surface area contributed by atoms with Crippen LogP contribution in [0.3, 0.4) is 0 Å². The van der Waals surface area contributed by atoms with E-state index < -0.39 is 11.8 Å². The molecule has 0 saturated heterocycles. The summed E-state index contributed by atoms with van der Waals surface area (Å²) in [5.41, 5.74) is -0.826. The van der Waals surface area contributed by atoms with E-state index in [9.17, 15) is 13.2 Å². The zero-order chi connectivity index (χ0) is 15.8. The van der Waals surface area contributed by atoms with Crippen LogP contribution in [0.1, 0.15) is 16.7 Å². The molecule has 2 aromatic rings. The minimum atomic E-state index is -4.50. The van der Waals surface area contributed by atoms with E-state index in [-0.39, 0.29) is 18.6 Å². The zero-order valence-corrected chi connectivity index (χ0v) is 12.0. The molecule has 22 heavy (non-hydrogen) atoms. The summed E-state index contributed by atoms with van der Waals surface area (Å²) in [6, 6.07) is 12.9. The number of hydrogen-bond acceptors (Lipinski definition) is 2. The Morgan fingerprint density at radius 2 is 1.77 bits per heavy atom. The number of rotatable bonds is 2. The van der Waals surface area contributed by atoms with E-state index >= 15 is 0 Å². The van der Waals surface area contributed by atoms with Crippen LogP contribution in [0.2, 0.25) is 0 Å². The van der Waals surface area contributed by atoms with Gasteiger partial charge in [0, 0.05) is 6.42 Å². The lowest BCUT2D eigenvalue weighted by Gasteiger charge is -2.40. The summed E-state index contributed by atoms with van der Waals surface area (Å²) in [6.07, 6.45) is -4.76. The molecule has 0 radical (unpaired) electrons. The van der Waals surface area contributed by atoms with Gasteiger partial charge in [-0.2, -0.15) is 13.2 Å². The van der Waals surface area contributed by atoms with Crippen LogP contribution in [-0.4, -0.2) is 13.3 Å². The van der Waals surface area contributed by atoms with Crippen molar-refractivity contribution in [1.29, 1.82) is 0 Å². The second-order valence-corrected chi connectivity index (χ2v) is 5.29. The maximum Gasteiger partial charge on any atom is 0.422 e. The topological polar surface area (TPSA) is 18.5 Å². The Kier molecular flexibility index (Phi) is 3.60. The summed E-state index contributed by atoms with van der Waals surface area (Å²) in [5.74, 6) is 0.546. The Bertz CT molecular complexity index is 667. The quantitative estimate of drug-likeness (QED) is 0.827. The van der Waals surface area contributed by atoms with Crippen molar-refractivity contribution in [3.05, 3.63) is 65.2 Å². The molecule has 1 aliphatic rings. The van der Waals surface area contributed by atoms with E-state index in [1.54, 1.807) is 36.4 Å². The molecule has 0 saturated carbocycles. The van der Waals surface area contributed by atoms with E-state index in [1.165, 1.54) is 19.2 Å². The third-order valence-electron chi connectivity index (χ3n) is 4.02. The highest BCUT2D eigenvalue weighted by molar-refractivity contribution is 5.40. The number of methoxy groups -OCH3 is 1. The lowest BCUT2D eigenvalue weighted by atomic mass is 9.82. The average Bonchev–Trinajstić information content (AvgIpc) is 2.53. The minimum absolute atomic E-state index is 0.0757. The van der Waals surface area contributed by atoms with Gasteiger partial charge in [0.25, 0.3) is 0 Å². The molecule has 116 valence electrons. The number of hydrogen-bond donors (Lipinski definition) is 0. The fourth-order valence-corrected chi connectivity index (χ4v) is 2.79. The van der Waals surface area contributed by atoms with E-state index in [4.69, 9.17) is 9.47 Å². The van der Waals surface area contributed by atoms with E-state index in [0.29, 0.717) is 11.3 Å². The maximum absolute atomic E-state index is 13.8. The third kappa shape index (κ3) is 2.35. The highest BCUT2D eigenvalue weighted by Gasteiger charge is 2.58. The van der Waals surface area contributed by atoms with Gasteiger partial charge in [-0.3, -0.25) is 0 Å². The molecule has 0 spiro atoms. The standard InChI is InChI=1S/C17H15F3O2/c1-21-15-8-7-12-11-22-16(17(18,19)20,10-13(12)9-15)14-5-3-2-4-6-14/h2-9H,10-11H2,1H3. The molecular formula is C17H15F3O2. The van der Waals surface area contributed by atoms with E-state index in [1.807, 2.05) is 0 Å². The van der Waals surface area contributed by atoms with Crippen LogP contribution in [0.5, 0.6) is 5.75 Å². The molecule has 0 aliphatic carbocycles. The molecule has 1 aliphatic heterocycles. The van der Waals surface area contributed by atoms with Crippen LogP contribution in [0.15, 0.2) is 48.5 Å². The van der Waals surface area contributed by atoms with Crippen molar-refractivity contribution in [3.63, 3.8) is 0 Å². The molecule has 1 unspecified atom stereocenters. The molecule has 5 heteroatoms. The predicted octanol–water partition coefficient (Wildman–Crippen LogP) is 4.23. The molecule has 1 atom stereocenters. The van der Waals surface area contributed by atoms with Crippen molar-refractivity contribution in [2.75, 3.05) is 7.11 Å². The molecule has 2 aromatic carbocycles. The first-order valence-corrected chi connectivity index (χ1v) is 6.88. The van der Waals surface area contributed by atoms with Gasteiger partial charge < -0.3 is 9.47 Å². The Labute approximate surface area is 126 Å². The van der Waals surface area contributed by atoms with Gasteiger partial charge >= 0.3 is 6.18 Å². The summed E-state index contributed by atoms with van der Waals surface area (Å²) in [6.45, 7) is -0.0757. The van der Waals surface area contributed by atoms with Gasteiger partial charge in [-0.05, 0) is 28.8 Å². The van der Waals surface area contributed by atoms with Gasteiger partial charge in [0.1, 0.15) is 5.75 Å². The fourth-order valence-electron chi connectivity index (χ4n) is 2.79. The van der Waals surface area contributed by atoms with Crippen LogP contribution >= 0.6 is 0 Å². The molecule has 0 aromatic heterocycles. The van der Waals surface area contributed by atoms with Gasteiger partial charge in [0.05, 0.1) is 13.7 Å². The SMILES string of the molecule is COc1ccc2c(c1)CC(c1ccccc1)(C(F)(F)F)OC2. The van der Waals surface area contributed by atoms with Crippen molar-refractivity contribution in [3.8, 4) is 5.75 Å². The molecule has 0 amide bonds. The molecule has 0 fully saturated rings. The van der Waals surface area contributed by atoms with Gasteiger partial charge in [-0.25, -0.2) is 0 Å². The van der Waals surface area contributed by atoms with E-state index in [0.717, 1.165) is 5.56 Å². The first kappa shape index (κ1) is 14.9. The molecule has 0 bridgehead atoms. The molecule has 0 N–H and O–H groups in total. The number of ether oxygens (including phenoxy) is 2. The van der Waals surface area contributed by atoms with Crippen LogP contribution < -0.4 is 4.74 Å². The van der Waals surface area contributed by atoms with Crippen LogP contribution in [0.25, 0.3) is 0 Å². The smallest absolute Gasteiger partial charge is 0.422 e. The Morgan fingerprint density at radius 1 is 1.05 bits per heavy atom. The largest absolute Gasteiger partial charge is 0.497 e. The second kappa shape index (κ2) is 5.32. The molecule has 1 heterocycles. The Balaban J connectivity index is 2.10. The summed E-state index contributed by atoms with van der Waals surface area (Å²) in [4.78, 5) is 0. The summed E-state index contributed by atoms with van der Waals surface area (Å²) in [7, 11) is 1.50. The minimum Gasteiger partial charge on any atom is -0.497 e. The van der Waals surface area contributed by atoms with Crippen molar-refractivity contribution in [2.24, 2.45) is 0 Å². The van der Waals surface area contributed by atoms with E-state index in [2.05, 4.69) is 0 Å². The number of fused-ring (bicyclic) bond motifs is 1. The van der Waals surface area contributed by atoms with Crippen molar-refractivity contribution in [2.45, 2.75) is 24.8 Å². The molecule has 3 rings (SSSR count). The lowest BCUT2D eigenvalue weighted by molar-refractivity contribution is -0.293. The number of alkyl halides is 3.